The summed E-state index contributed by atoms with van der Waals surface area (Å²) >= 11 is 0. The van der Waals surface area contributed by atoms with Crippen molar-refractivity contribution in [1.29, 1.82) is 0 Å². The van der Waals surface area contributed by atoms with Gasteiger partial charge in [0.1, 0.15) is 0 Å². The zero-order chi connectivity index (χ0) is 14.5. The summed E-state index contributed by atoms with van der Waals surface area (Å²) in [5.74, 6) is -1.31. The van der Waals surface area contributed by atoms with Gasteiger partial charge in [-0.05, 0) is 6.42 Å². The fraction of sp³-hybridized carbons (Fsp3) is 0.875. The van der Waals surface area contributed by atoms with E-state index in [1.54, 1.807) is 0 Å². The molecule has 0 heterocycles. The molecule has 0 aliphatic heterocycles. The largest absolute Gasteiger partial charge is 0.548 e. The van der Waals surface area contributed by atoms with Crippen LogP contribution in [0.25, 0.3) is 0 Å². The molecule has 1 amide bonds. The molecule has 120 valence electrons. The number of rotatable bonds is 12. The van der Waals surface area contributed by atoms with Crippen molar-refractivity contribution >= 4 is 11.9 Å². The number of nitrogens with zero attached hydrogens (tertiary/aromatic N) is 1. The normalized spacial score (nSPS) is 9.90. The van der Waals surface area contributed by atoms with Crippen molar-refractivity contribution in [2.45, 2.75) is 78.6 Å². The quantitative estimate of drug-likeness (QED) is 0.518. The molecule has 0 aromatic rings. The predicted octanol–water partition coefficient (Wildman–Crippen LogP) is 2.75. The minimum absolute atomic E-state index is 0. The van der Waals surface area contributed by atoms with E-state index in [0.717, 1.165) is 12.8 Å². The Labute approximate surface area is 124 Å². The molecule has 0 aromatic carbocycles. The highest BCUT2D eigenvalue weighted by atomic mass is 16.4. The van der Waals surface area contributed by atoms with E-state index in [4.69, 9.17) is 0 Å². The Bertz CT molecular complexity index is 254. The van der Waals surface area contributed by atoms with Gasteiger partial charge in [-0.15, -0.1) is 0 Å². The van der Waals surface area contributed by atoms with Gasteiger partial charge in [-0.2, -0.15) is 0 Å². The number of hydrogen-bond donors (Lipinski definition) is 0. The van der Waals surface area contributed by atoms with Crippen LogP contribution in [0, 0.1) is 0 Å². The molecule has 0 N–H and O–H groups in total. The minimum Gasteiger partial charge on any atom is -0.548 e. The molecule has 0 saturated heterocycles. The number of likely N-dealkylation sites (N-methyl/N-ethyl adjacent to an activating group) is 1. The van der Waals surface area contributed by atoms with Crippen LogP contribution in [0.15, 0.2) is 0 Å². The van der Waals surface area contributed by atoms with Crippen LogP contribution >= 0.6 is 0 Å². The molecule has 0 spiro atoms. The van der Waals surface area contributed by atoms with E-state index in [9.17, 15) is 14.7 Å². The molecule has 0 aromatic heterocycles. The lowest BCUT2D eigenvalue weighted by atomic mass is 10.1. The van der Waals surface area contributed by atoms with Gasteiger partial charge >= 0.3 is 0 Å². The molecule has 0 atom stereocenters. The third kappa shape index (κ3) is 13.4. The van der Waals surface area contributed by atoms with Gasteiger partial charge in [0.2, 0.25) is 5.91 Å². The zero-order valence-corrected chi connectivity index (χ0v) is 12.5. The standard InChI is InChI=1S/C15H29NO3.CH4/c1-3-4-5-6-7-8-9-10-11-12-14(17)16(2)13-15(18)19;/h3-13H2,1-2H3,(H,18,19);1H4/p-1. The van der Waals surface area contributed by atoms with Gasteiger partial charge in [0.25, 0.3) is 0 Å². The van der Waals surface area contributed by atoms with Gasteiger partial charge < -0.3 is 14.8 Å². The summed E-state index contributed by atoms with van der Waals surface area (Å²) < 4.78 is 0. The monoisotopic (exact) mass is 286 g/mol. The van der Waals surface area contributed by atoms with Crippen molar-refractivity contribution in [2.24, 2.45) is 0 Å². The van der Waals surface area contributed by atoms with Crippen LogP contribution in [0.3, 0.4) is 0 Å². The molecule has 4 heteroatoms. The third-order valence-corrected chi connectivity index (χ3v) is 3.29. The molecule has 4 nitrogen and oxygen atoms in total. The van der Waals surface area contributed by atoms with Gasteiger partial charge in [-0.1, -0.05) is 65.7 Å². The molecule has 0 aliphatic carbocycles. The molecule has 0 unspecified atom stereocenters. The number of aliphatic carboxylic acids is 1. The fourth-order valence-corrected chi connectivity index (χ4v) is 2.06. The van der Waals surface area contributed by atoms with Crippen molar-refractivity contribution in [1.82, 2.24) is 4.90 Å². The summed E-state index contributed by atoms with van der Waals surface area (Å²) in [7, 11) is 1.51. The highest BCUT2D eigenvalue weighted by molar-refractivity contribution is 5.80. The van der Waals surface area contributed by atoms with Crippen molar-refractivity contribution in [3.05, 3.63) is 0 Å². The predicted molar refractivity (Wildman–Crippen MR) is 81.2 cm³/mol. The number of amides is 1. The summed E-state index contributed by atoms with van der Waals surface area (Å²) in [5, 5.41) is 10.3. The van der Waals surface area contributed by atoms with Gasteiger partial charge in [0.05, 0.1) is 12.5 Å². The summed E-state index contributed by atoms with van der Waals surface area (Å²) in [6.07, 6.45) is 11.3. The minimum atomic E-state index is -1.21. The number of carbonyl (C=O) groups is 2. The molecule has 0 saturated carbocycles. The number of carboxylic acids is 1. The van der Waals surface area contributed by atoms with E-state index < -0.39 is 5.97 Å². The summed E-state index contributed by atoms with van der Waals surface area (Å²) in [6, 6.07) is 0. The van der Waals surface area contributed by atoms with Crippen molar-refractivity contribution < 1.29 is 14.7 Å². The van der Waals surface area contributed by atoms with Crippen molar-refractivity contribution in [3.8, 4) is 0 Å². The van der Waals surface area contributed by atoms with E-state index >= 15 is 0 Å². The van der Waals surface area contributed by atoms with E-state index in [1.165, 1.54) is 56.9 Å². The number of carboxylic acid groups (broad SMARTS) is 1. The Kier molecular flexibility index (Phi) is 15.2. The average molecular weight is 286 g/mol. The first-order valence-corrected chi connectivity index (χ1v) is 7.51. The Hall–Kier alpha value is -1.06. The zero-order valence-electron chi connectivity index (χ0n) is 12.5. The molecular formula is C16H32NO3-. The van der Waals surface area contributed by atoms with Gasteiger partial charge in [0, 0.05) is 13.5 Å². The summed E-state index contributed by atoms with van der Waals surface area (Å²) in [5.41, 5.74) is 0. The maximum atomic E-state index is 11.5. The van der Waals surface area contributed by atoms with Crippen molar-refractivity contribution in [3.63, 3.8) is 0 Å². The molecule has 0 aliphatic rings. The van der Waals surface area contributed by atoms with Crippen LogP contribution in [0.2, 0.25) is 0 Å². The van der Waals surface area contributed by atoms with Crippen LogP contribution in [-0.4, -0.2) is 30.4 Å². The van der Waals surface area contributed by atoms with E-state index in [1.807, 2.05) is 0 Å². The van der Waals surface area contributed by atoms with E-state index in [-0.39, 0.29) is 19.9 Å². The summed E-state index contributed by atoms with van der Waals surface area (Å²) in [4.78, 5) is 23.1. The molecule has 0 fully saturated rings. The first kappa shape index (κ1) is 21.2. The van der Waals surface area contributed by atoms with Crippen molar-refractivity contribution in [2.75, 3.05) is 13.6 Å². The van der Waals surface area contributed by atoms with Crippen LogP contribution < -0.4 is 5.11 Å². The highest BCUT2D eigenvalue weighted by Crippen LogP contribution is 2.10. The fourth-order valence-electron chi connectivity index (χ4n) is 2.06. The Balaban J connectivity index is 0. The number of unbranched alkanes of at least 4 members (excludes halogenated alkanes) is 8. The highest BCUT2D eigenvalue weighted by Gasteiger charge is 2.07. The lowest BCUT2D eigenvalue weighted by molar-refractivity contribution is -0.305. The first-order chi connectivity index (χ1) is 9.07. The van der Waals surface area contributed by atoms with Crippen LogP contribution in [0.5, 0.6) is 0 Å². The van der Waals surface area contributed by atoms with Crippen LogP contribution in [0.4, 0.5) is 0 Å². The maximum absolute atomic E-state index is 11.5. The Morgan fingerprint density at radius 2 is 1.35 bits per heavy atom. The molecule has 0 bridgehead atoms. The van der Waals surface area contributed by atoms with Gasteiger partial charge in [-0.3, -0.25) is 4.79 Å². The molecule has 0 radical (unpaired) electrons. The summed E-state index contributed by atoms with van der Waals surface area (Å²) in [6.45, 7) is 1.91. The second-order valence-electron chi connectivity index (χ2n) is 5.20. The van der Waals surface area contributed by atoms with Crippen LogP contribution in [0.1, 0.15) is 78.6 Å². The van der Waals surface area contributed by atoms with Gasteiger partial charge in [-0.25, -0.2) is 0 Å². The van der Waals surface area contributed by atoms with E-state index in [2.05, 4.69) is 6.92 Å². The molecule has 20 heavy (non-hydrogen) atoms. The lowest BCUT2D eigenvalue weighted by Crippen LogP contribution is -2.39. The van der Waals surface area contributed by atoms with E-state index in [0.29, 0.717) is 6.42 Å². The van der Waals surface area contributed by atoms with Crippen LogP contribution in [-0.2, 0) is 9.59 Å². The second kappa shape index (κ2) is 14.4. The smallest absolute Gasteiger partial charge is 0.222 e. The maximum Gasteiger partial charge on any atom is 0.222 e. The SMILES string of the molecule is C.CCCCCCCCCCCC(=O)N(C)CC(=O)[O-]. The second-order valence-corrected chi connectivity index (χ2v) is 5.20. The Morgan fingerprint density at radius 1 is 0.900 bits per heavy atom. The average Bonchev–Trinajstić information content (AvgIpc) is 2.35. The number of carbonyl (C=O) groups excluding carboxylic acids is 2. The lowest BCUT2D eigenvalue weighted by Gasteiger charge is -2.17. The molecule has 0 rings (SSSR count). The topological polar surface area (TPSA) is 60.4 Å². The molecular weight excluding hydrogens is 254 g/mol. The number of hydrogen-bond acceptors (Lipinski definition) is 3. The van der Waals surface area contributed by atoms with Gasteiger partial charge in [0.15, 0.2) is 0 Å². The first-order valence-electron chi connectivity index (χ1n) is 7.51. The Morgan fingerprint density at radius 3 is 1.80 bits per heavy atom. The third-order valence-electron chi connectivity index (χ3n) is 3.29.